The average Bonchev–Trinajstić information content (AvgIpc) is 3.42. The van der Waals surface area contributed by atoms with Gasteiger partial charge in [-0.25, -0.2) is 9.29 Å². The van der Waals surface area contributed by atoms with Crippen LogP contribution in [0.3, 0.4) is 0 Å². The highest BCUT2D eigenvalue weighted by Crippen LogP contribution is 2.61. The molecule has 3 saturated heterocycles. The van der Waals surface area contributed by atoms with E-state index in [0.717, 1.165) is 34.6 Å². The number of benzene rings is 2. The van der Waals surface area contributed by atoms with Crippen molar-refractivity contribution in [3.8, 4) is 0 Å². The van der Waals surface area contributed by atoms with Crippen molar-refractivity contribution in [3.63, 3.8) is 0 Å². The molecule has 4 aliphatic rings. The van der Waals surface area contributed by atoms with Crippen LogP contribution in [0.5, 0.6) is 0 Å². The molecule has 6 rings (SSSR count). The summed E-state index contributed by atoms with van der Waals surface area (Å²) in [5.41, 5.74) is 1.13. The van der Waals surface area contributed by atoms with Crippen LogP contribution in [-0.4, -0.2) is 35.2 Å². The first-order valence-electron chi connectivity index (χ1n) is 10.3. The quantitative estimate of drug-likeness (QED) is 0.741. The maximum absolute atomic E-state index is 14.5. The number of imide groups is 1. The smallest absolute Gasteiger partial charge is 0.250 e. The van der Waals surface area contributed by atoms with E-state index in [4.69, 9.17) is 0 Å². The van der Waals surface area contributed by atoms with Crippen LogP contribution in [0.25, 0.3) is 0 Å². The fourth-order valence-corrected chi connectivity index (χ4v) is 6.25. The molecule has 0 aromatic heterocycles. The first kappa shape index (κ1) is 17.8. The van der Waals surface area contributed by atoms with Crippen molar-refractivity contribution < 1.29 is 18.8 Å². The minimum Gasteiger partial charge on any atom is -0.324 e. The molecule has 3 amide bonds. The first-order chi connectivity index (χ1) is 14.5. The highest BCUT2D eigenvalue weighted by Gasteiger charge is 2.74. The van der Waals surface area contributed by atoms with Gasteiger partial charge in [-0.1, -0.05) is 30.3 Å². The van der Waals surface area contributed by atoms with E-state index in [-0.39, 0.29) is 17.6 Å². The Morgan fingerprint density at radius 2 is 1.87 bits per heavy atom. The molecule has 4 atom stereocenters. The molecule has 2 aromatic rings. The zero-order valence-electron chi connectivity index (χ0n) is 16.4. The van der Waals surface area contributed by atoms with Crippen LogP contribution in [-0.2, 0) is 19.9 Å². The summed E-state index contributed by atoms with van der Waals surface area (Å²) in [6, 6.07) is 11.3. The van der Waals surface area contributed by atoms with Gasteiger partial charge in [0.05, 0.1) is 17.5 Å². The summed E-state index contributed by atoms with van der Waals surface area (Å²) in [5.74, 6) is -3.30. The third kappa shape index (κ3) is 1.85. The van der Waals surface area contributed by atoms with E-state index in [1.54, 1.807) is 6.07 Å². The molecule has 152 valence electrons. The van der Waals surface area contributed by atoms with E-state index in [1.807, 2.05) is 25.1 Å². The second kappa shape index (κ2) is 5.76. The van der Waals surface area contributed by atoms with Crippen LogP contribution in [0.1, 0.15) is 24.0 Å². The third-order valence-electron chi connectivity index (χ3n) is 7.33. The largest absolute Gasteiger partial charge is 0.324 e. The Kier molecular flexibility index (Phi) is 3.41. The van der Waals surface area contributed by atoms with Gasteiger partial charge in [0.25, 0.3) is 0 Å². The van der Waals surface area contributed by atoms with E-state index in [2.05, 4.69) is 10.2 Å². The second-order valence-electron chi connectivity index (χ2n) is 8.59. The SMILES string of the molecule is Cc1cccc2c1NC(=O)[C@@]21[C@@H]2C(=O)N(c3ccccc3F)C(=O)[C@H]2[C@@H]2CCCN21. The molecule has 4 heterocycles. The minimum atomic E-state index is -1.22. The number of amides is 3. The van der Waals surface area contributed by atoms with E-state index in [9.17, 15) is 18.8 Å². The molecule has 30 heavy (non-hydrogen) atoms. The molecule has 0 saturated carbocycles. The lowest BCUT2D eigenvalue weighted by Gasteiger charge is -2.36. The van der Waals surface area contributed by atoms with E-state index in [0.29, 0.717) is 6.54 Å². The van der Waals surface area contributed by atoms with Gasteiger partial charge in [0.2, 0.25) is 17.7 Å². The average molecular weight is 405 g/mol. The standard InChI is InChI=1S/C23H20FN3O3/c1-12-6-4-7-13-19(12)25-22(30)23(13)18-17(16-10-5-11-26(16)23)20(28)27(21(18)29)15-9-3-2-8-14(15)24/h2-4,6-9,16-18H,5,10-11H2,1H3,(H,25,30)/t16-,17-,18-,23-/m0/s1. The van der Waals surface area contributed by atoms with Crippen LogP contribution in [0.15, 0.2) is 42.5 Å². The van der Waals surface area contributed by atoms with Crippen molar-refractivity contribution in [3.05, 3.63) is 59.4 Å². The lowest BCUT2D eigenvalue weighted by atomic mass is 9.75. The Morgan fingerprint density at radius 1 is 1.07 bits per heavy atom. The predicted octanol–water partition coefficient (Wildman–Crippen LogP) is 2.57. The topological polar surface area (TPSA) is 69.7 Å². The molecule has 4 aliphatic heterocycles. The number of fused-ring (bicyclic) bond motifs is 7. The maximum atomic E-state index is 14.5. The van der Waals surface area contributed by atoms with Gasteiger partial charge in [0.15, 0.2) is 0 Å². The van der Waals surface area contributed by atoms with Crippen LogP contribution in [0, 0.1) is 24.6 Å². The number of nitrogens with one attached hydrogen (secondary N) is 1. The van der Waals surface area contributed by atoms with Crippen molar-refractivity contribution in [1.82, 2.24) is 4.90 Å². The number of hydrogen-bond donors (Lipinski definition) is 1. The molecule has 0 unspecified atom stereocenters. The number of hydrogen-bond acceptors (Lipinski definition) is 4. The summed E-state index contributed by atoms with van der Waals surface area (Å²) in [7, 11) is 0. The number of aryl methyl sites for hydroxylation is 1. The molecule has 2 aromatic carbocycles. The number of halogens is 1. The normalized spacial score (nSPS) is 32.0. The Morgan fingerprint density at radius 3 is 2.67 bits per heavy atom. The predicted molar refractivity (Wildman–Crippen MR) is 107 cm³/mol. The molecule has 1 N–H and O–H groups in total. The number of carbonyl (C=O) groups excluding carboxylic acids is 3. The van der Waals surface area contributed by atoms with Crippen molar-refractivity contribution in [1.29, 1.82) is 0 Å². The number of carbonyl (C=O) groups is 3. The molecular weight excluding hydrogens is 385 g/mol. The molecule has 1 spiro atoms. The van der Waals surface area contributed by atoms with Gasteiger partial charge in [-0.3, -0.25) is 19.3 Å². The highest BCUT2D eigenvalue weighted by molar-refractivity contribution is 6.26. The van der Waals surface area contributed by atoms with Gasteiger partial charge in [-0.15, -0.1) is 0 Å². The van der Waals surface area contributed by atoms with Crippen molar-refractivity contribution in [2.45, 2.75) is 31.3 Å². The Labute approximate surface area is 172 Å². The third-order valence-corrected chi connectivity index (χ3v) is 7.33. The zero-order chi connectivity index (χ0) is 20.8. The van der Waals surface area contributed by atoms with Gasteiger partial charge in [-0.2, -0.15) is 0 Å². The number of para-hydroxylation sites is 2. The van der Waals surface area contributed by atoms with Crippen molar-refractivity contribution in [2.75, 3.05) is 16.8 Å². The van der Waals surface area contributed by atoms with E-state index in [1.165, 1.54) is 18.2 Å². The lowest BCUT2D eigenvalue weighted by molar-refractivity contribution is -0.135. The Hall–Kier alpha value is -3.06. The van der Waals surface area contributed by atoms with Crippen molar-refractivity contribution >= 4 is 29.1 Å². The summed E-state index contributed by atoms with van der Waals surface area (Å²) >= 11 is 0. The fraction of sp³-hybridized carbons (Fsp3) is 0.348. The van der Waals surface area contributed by atoms with Gasteiger partial charge in [-0.05, 0) is 44.0 Å². The minimum absolute atomic E-state index is 0.0375. The van der Waals surface area contributed by atoms with Crippen LogP contribution < -0.4 is 10.2 Å². The molecule has 0 radical (unpaired) electrons. The zero-order valence-corrected chi connectivity index (χ0v) is 16.4. The van der Waals surface area contributed by atoms with Gasteiger partial charge in [0, 0.05) is 17.3 Å². The van der Waals surface area contributed by atoms with E-state index >= 15 is 0 Å². The second-order valence-corrected chi connectivity index (χ2v) is 8.59. The molecular formula is C23H20FN3O3. The summed E-state index contributed by atoms with van der Waals surface area (Å²) in [5, 5.41) is 2.99. The molecule has 0 aliphatic carbocycles. The summed E-state index contributed by atoms with van der Waals surface area (Å²) in [6.45, 7) is 2.57. The molecule has 0 bridgehead atoms. The van der Waals surface area contributed by atoms with Gasteiger partial charge < -0.3 is 5.32 Å². The number of nitrogens with zero attached hydrogens (tertiary/aromatic N) is 2. The fourth-order valence-electron chi connectivity index (χ4n) is 6.25. The number of rotatable bonds is 1. The van der Waals surface area contributed by atoms with Crippen molar-refractivity contribution in [2.24, 2.45) is 11.8 Å². The summed E-state index contributed by atoms with van der Waals surface area (Å²) in [6.07, 6.45) is 1.59. The van der Waals surface area contributed by atoms with Crippen LogP contribution >= 0.6 is 0 Å². The summed E-state index contributed by atoms with van der Waals surface area (Å²) in [4.78, 5) is 43.8. The van der Waals surface area contributed by atoms with Gasteiger partial charge in [0.1, 0.15) is 11.4 Å². The molecule has 6 nitrogen and oxygen atoms in total. The van der Waals surface area contributed by atoms with Gasteiger partial charge >= 0.3 is 0 Å². The monoisotopic (exact) mass is 405 g/mol. The Bertz CT molecular complexity index is 1150. The van der Waals surface area contributed by atoms with Crippen LogP contribution in [0.4, 0.5) is 15.8 Å². The highest BCUT2D eigenvalue weighted by atomic mass is 19.1. The Balaban J connectivity index is 1.59. The van der Waals surface area contributed by atoms with Crippen LogP contribution in [0.2, 0.25) is 0 Å². The lowest BCUT2D eigenvalue weighted by Crippen LogP contribution is -2.54. The summed E-state index contributed by atoms with van der Waals surface area (Å²) < 4.78 is 14.5. The maximum Gasteiger partial charge on any atom is 0.250 e. The molecule has 7 heteroatoms. The first-order valence-corrected chi connectivity index (χ1v) is 10.3. The van der Waals surface area contributed by atoms with E-state index < -0.39 is 35.0 Å². The molecule has 3 fully saturated rings. The number of anilines is 2.